The molecule has 1 heterocycles. The predicted molar refractivity (Wildman–Crippen MR) is 84.7 cm³/mol. The van der Waals surface area contributed by atoms with Crippen LogP contribution in [0.3, 0.4) is 0 Å². The molecule has 2 aliphatic rings. The Morgan fingerprint density at radius 1 is 1.18 bits per heavy atom. The summed E-state index contributed by atoms with van der Waals surface area (Å²) in [6.07, 6.45) is 4.21. The van der Waals surface area contributed by atoms with Crippen molar-refractivity contribution in [2.75, 3.05) is 4.90 Å². The number of rotatable bonds is 3. The van der Waals surface area contributed by atoms with Crippen LogP contribution in [-0.2, 0) is 9.59 Å². The summed E-state index contributed by atoms with van der Waals surface area (Å²) in [6.45, 7) is 3.42. The van der Waals surface area contributed by atoms with Gasteiger partial charge in [0.25, 0.3) is 5.91 Å². The number of benzene rings is 1. The number of aliphatic hydroxyl groups excluding tert-OH is 1. The topological polar surface area (TPSA) is 57.6 Å². The monoisotopic (exact) mass is 299 g/mol. The van der Waals surface area contributed by atoms with Crippen molar-refractivity contribution in [3.63, 3.8) is 0 Å². The summed E-state index contributed by atoms with van der Waals surface area (Å²) < 4.78 is 0. The maximum atomic E-state index is 12.5. The van der Waals surface area contributed by atoms with Crippen molar-refractivity contribution in [1.82, 2.24) is 0 Å². The lowest BCUT2D eigenvalue weighted by Crippen LogP contribution is -2.41. The molecule has 1 aromatic carbocycles. The number of ketones is 1. The molecule has 1 fully saturated rings. The SMILES string of the molecule is CC(=O)C1=C(O)C(=O)N(c2ccc(C)cc2)C1C1CCCC1. The van der Waals surface area contributed by atoms with E-state index in [0.29, 0.717) is 0 Å². The Morgan fingerprint density at radius 2 is 1.77 bits per heavy atom. The molecule has 0 aromatic heterocycles. The number of nitrogens with zero attached hydrogens (tertiary/aromatic N) is 1. The van der Waals surface area contributed by atoms with Crippen LogP contribution in [0.2, 0.25) is 0 Å². The molecule has 4 nitrogen and oxygen atoms in total. The number of hydrogen-bond donors (Lipinski definition) is 1. The first-order chi connectivity index (χ1) is 10.5. The van der Waals surface area contributed by atoms with E-state index in [1.807, 2.05) is 31.2 Å². The molecule has 1 unspecified atom stereocenters. The number of aliphatic hydroxyl groups is 1. The highest BCUT2D eigenvalue weighted by Crippen LogP contribution is 2.40. The summed E-state index contributed by atoms with van der Waals surface area (Å²) >= 11 is 0. The number of amides is 1. The molecule has 1 aliphatic carbocycles. The van der Waals surface area contributed by atoms with Crippen LogP contribution in [0.5, 0.6) is 0 Å². The molecule has 0 bridgehead atoms. The Morgan fingerprint density at radius 3 is 2.32 bits per heavy atom. The second-order valence-electron chi connectivity index (χ2n) is 6.32. The van der Waals surface area contributed by atoms with Crippen molar-refractivity contribution in [3.05, 3.63) is 41.2 Å². The standard InChI is InChI=1S/C18H21NO3/c1-11-7-9-14(10-8-11)19-16(13-5-3-4-6-13)15(12(2)20)17(21)18(19)22/h7-10,13,16,21H,3-6H2,1-2H3. The third-order valence-corrected chi connectivity index (χ3v) is 4.79. The molecule has 1 aromatic rings. The molecule has 0 saturated heterocycles. The van der Waals surface area contributed by atoms with Gasteiger partial charge in [-0.1, -0.05) is 30.5 Å². The number of Topliss-reactive ketones (excluding diaryl/α,β-unsaturated/α-hetero) is 1. The van der Waals surface area contributed by atoms with Crippen LogP contribution in [0.1, 0.15) is 38.2 Å². The quantitative estimate of drug-likeness (QED) is 0.931. The van der Waals surface area contributed by atoms with E-state index in [9.17, 15) is 14.7 Å². The van der Waals surface area contributed by atoms with E-state index in [0.717, 1.165) is 36.9 Å². The normalized spacial score (nSPS) is 22.7. The smallest absolute Gasteiger partial charge is 0.294 e. The van der Waals surface area contributed by atoms with Gasteiger partial charge in [0.15, 0.2) is 11.5 Å². The second-order valence-corrected chi connectivity index (χ2v) is 6.32. The summed E-state index contributed by atoms with van der Waals surface area (Å²) in [7, 11) is 0. The lowest BCUT2D eigenvalue weighted by molar-refractivity contribution is -0.117. The van der Waals surface area contributed by atoms with E-state index < -0.39 is 5.91 Å². The Labute approximate surface area is 130 Å². The maximum absolute atomic E-state index is 12.5. The summed E-state index contributed by atoms with van der Waals surface area (Å²) in [4.78, 5) is 26.2. The van der Waals surface area contributed by atoms with Gasteiger partial charge in [0.1, 0.15) is 0 Å². The molecule has 116 valence electrons. The van der Waals surface area contributed by atoms with Crippen LogP contribution in [0, 0.1) is 12.8 Å². The Bertz CT molecular complexity index is 639. The van der Waals surface area contributed by atoms with Gasteiger partial charge in [0, 0.05) is 5.69 Å². The average molecular weight is 299 g/mol. The zero-order valence-corrected chi connectivity index (χ0v) is 13.0. The molecule has 4 heteroatoms. The second kappa shape index (κ2) is 5.59. The van der Waals surface area contributed by atoms with Crippen LogP contribution in [-0.4, -0.2) is 22.8 Å². The highest BCUT2D eigenvalue weighted by atomic mass is 16.3. The summed E-state index contributed by atoms with van der Waals surface area (Å²) in [5.74, 6) is -0.790. The Hall–Kier alpha value is -2.10. The first-order valence-electron chi connectivity index (χ1n) is 7.85. The van der Waals surface area contributed by atoms with Gasteiger partial charge in [-0.3, -0.25) is 14.5 Å². The van der Waals surface area contributed by atoms with Gasteiger partial charge in [-0.05, 0) is 44.7 Å². The Balaban J connectivity index is 2.06. The predicted octanol–water partition coefficient (Wildman–Crippen LogP) is 3.30. The molecule has 1 aliphatic heterocycles. The van der Waals surface area contributed by atoms with Crippen molar-refractivity contribution >= 4 is 17.4 Å². The van der Waals surface area contributed by atoms with E-state index in [-0.39, 0.29) is 29.1 Å². The third kappa shape index (κ3) is 2.32. The molecule has 0 radical (unpaired) electrons. The molecule has 22 heavy (non-hydrogen) atoms. The molecule has 3 rings (SSSR count). The zero-order chi connectivity index (χ0) is 15.9. The van der Waals surface area contributed by atoms with Gasteiger partial charge in [0.2, 0.25) is 0 Å². The summed E-state index contributed by atoms with van der Waals surface area (Å²) in [5, 5.41) is 10.2. The van der Waals surface area contributed by atoms with E-state index in [4.69, 9.17) is 0 Å². The van der Waals surface area contributed by atoms with Crippen molar-refractivity contribution in [1.29, 1.82) is 0 Å². The van der Waals surface area contributed by atoms with Crippen LogP contribution in [0.25, 0.3) is 0 Å². The number of anilines is 1. The van der Waals surface area contributed by atoms with Gasteiger partial charge < -0.3 is 5.11 Å². The minimum atomic E-state index is -0.453. The highest BCUT2D eigenvalue weighted by molar-refractivity contribution is 6.16. The lowest BCUT2D eigenvalue weighted by atomic mass is 9.90. The molecule has 0 spiro atoms. The van der Waals surface area contributed by atoms with E-state index in [1.165, 1.54) is 6.92 Å². The lowest BCUT2D eigenvalue weighted by Gasteiger charge is -2.30. The average Bonchev–Trinajstić information content (AvgIpc) is 3.08. The van der Waals surface area contributed by atoms with E-state index in [1.54, 1.807) is 4.90 Å². The minimum absolute atomic E-state index is 0.211. The molecule has 1 amide bonds. The van der Waals surface area contributed by atoms with Crippen molar-refractivity contribution < 1.29 is 14.7 Å². The van der Waals surface area contributed by atoms with Gasteiger partial charge in [-0.15, -0.1) is 0 Å². The molecule has 1 atom stereocenters. The third-order valence-electron chi connectivity index (χ3n) is 4.79. The van der Waals surface area contributed by atoms with E-state index in [2.05, 4.69) is 0 Å². The first kappa shape index (κ1) is 14.8. The van der Waals surface area contributed by atoms with Gasteiger partial charge >= 0.3 is 0 Å². The molecular formula is C18H21NO3. The maximum Gasteiger partial charge on any atom is 0.294 e. The van der Waals surface area contributed by atoms with Crippen LogP contribution in [0.4, 0.5) is 5.69 Å². The molecule has 1 N–H and O–H groups in total. The largest absolute Gasteiger partial charge is 0.503 e. The molecular weight excluding hydrogens is 278 g/mol. The van der Waals surface area contributed by atoms with Crippen molar-refractivity contribution in [2.45, 2.75) is 45.6 Å². The van der Waals surface area contributed by atoms with Crippen molar-refractivity contribution in [3.8, 4) is 0 Å². The highest BCUT2D eigenvalue weighted by Gasteiger charge is 2.46. The van der Waals surface area contributed by atoms with Gasteiger partial charge in [-0.2, -0.15) is 0 Å². The van der Waals surface area contributed by atoms with Crippen LogP contribution in [0.15, 0.2) is 35.6 Å². The number of carbonyl (C=O) groups is 2. The van der Waals surface area contributed by atoms with Gasteiger partial charge in [0.05, 0.1) is 11.6 Å². The Kier molecular flexibility index (Phi) is 3.77. The number of hydrogen-bond acceptors (Lipinski definition) is 3. The number of carbonyl (C=O) groups excluding carboxylic acids is 2. The minimum Gasteiger partial charge on any atom is -0.503 e. The van der Waals surface area contributed by atoms with Gasteiger partial charge in [-0.25, -0.2) is 0 Å². The summed E-state index contributed by atoms with van der Waals surface area (Å²) in [5.41, 5.74) is 2.14. The number of aryl methyl sites for hydroxylation is 1. The fraction of sp³-hybridized carbons (Fsp3) is 0.444. The van der Waals surface area contributed by atoms with Crippen LogP contribution < -0.4 is 4.90 Å². The first-order valence-corrected chi connectivity index (χ1v) is 7.85. The molecule has 1 saturated carbocycles. The summed E-state index contributed by atoms with van der Waals surface area (Å²) in [6, 6.07) is 7.32. The van der Waals surface area contributed by atoms with Crippen LogP contribution >= 0.6 is 0 Å². The van der Waals surface area contributed by atoms with Crippen molar-refractivity contribution in [2.24, 2.45) is 5.92 Å². The fourth-order valence-electron chi connectivity index (χ4n) is 3.70. The van der Waals surface area contributed by atoms with E-state index >= 15 is 0 Å². The fourth-order valence-corrected chi connectivity index (χ4v) is 3.70. The zero-order valence-electron chi connectivity index (χ0n) is 13.0.